The molecule has 0 radical (unpaired) electrons. The fourth-order valence-corrected chi connectivity index (χ4v) is 4.46. The summed E-state index contributed by atoms with van der Waals surface area (Å²) in [5.74, 6) is -0.520. The maximum Gasteiger partial charge on any atom is 0.349 e. The Labute approximate surface area is 158 Å². The number of thioether (sulfide) groups is 1. The number of nitrogens with zero attached hydrogens (tertiary/aromatic N) is 2. The van der Waals surface area contributed by atoms with E-state index in [4.69, 9.17) is 4.74 Å². The molecule has 1 aromatic carbocycles. The van der Waals surface area contributed by atoms with E-state index in [0.717, 1.165) is 37.0 Å². The van der Waals surface area contributed by atoms with E-state index in [1.54, 1.807) is 18.7 Å². The summed E-state index contributed by atoms with van der Waals surface area (Å²) >= 11 is 1.77. The summed E-state index contributed by atoms with van der Waals surface area (Å²) in [6.07, 6.45) is 6.79. The van der Waals surface area contributed by atoms with Gasteiger partial charge in [-0.15, -0.1) is 0 Å². The van der Waals surface area contributed by atoms with Crippen molar-refractivity contribution in [2.75, 3.05) is 18.1 Å². The van der Waals surface area contributed by atoms with Crippen LogP contribution in [0.1, 0.15) is 33.1 Å². The Morgan fingerprint density at radius 3 is 2.88 bits per heavy atom. The van der Waals surface area contributed by atoms with Crippen molar-refractivity contribution < 1.29 is 9.53 Å². The standard InChI is InChI=1S/C21H22N2O2S/c1-3-23-18-10-5-6-11-19(18)26-20(23)13-15-8-7-9-16(12-15)17(14-22)21(24)25-4-2/h5-6,10-13H,3-4,7-9H2,1-2H3/b17-16-,20-13-. The number of rotatable bonds is 4. The van der Waals surface area contributed by atoms with E-state index in [-0.39, 0.29) is 12.2 Å². The van der Waals surface area contributed by atoms with Gasteiger partial charge in [0.25, 0.3) is 0 Å². The van der Waals surface area contributed by atoms with E-state index < -0.39 is 5.97 Å². The van der Waals surface area contributed by atoms with Crippen molar-refractivity contribution in [2.24, 2.45) is 0 Å². The lowest BCUT2D eigenvalue weighted by atomic mass is 9.92. The molecule has 0 aromatic heterocycles. The van der Waals surface area contributed by atoms with Gasteiger partial charge in [0.05, 0.1) is 17.3 Å². The normalized spacial score (nSPS) is 19.7. The van der Waals surface area contributed by atoms with Gasteiger partial charge in [0, 0.05) is 11.4 Å². The quantitative estimate of drug-likeness (QED) is 0.428. The highest BCUT2D eigenvalue weighted by molar-refractivity contribution is 8.03. The van der Waals surface area contributed by atoms with Gasteiger partial charge in [-0.1, -0.05) is 30.0 Å². The van der Waals surface area contributed by atoms with Crippen LogP contribution in [-0.4, -0.2) is 19.1 Å². The molecular weight excluding hydrogens is 344 g/mol. The minimum Gasteiger partial charge on any atom is -0.462 e. The van der Waals surface area contributed by atoms with Crippen LogP contribution < -0.4 is 4.90 Å². The number of nitriles is 1. The second-order valence-corrected chi connectivity index (χ2v) is 7.16. The first-order valence-corrected chi connectivity index (χ1v) is 9.76. The number of hydrogen-bond donors (Lipinski definition) is 0. The van der Waals surface area contributed by atoms with Crippen molar-refractivity contribution in [2.45, 2.75) is 38.0 Å². The molecule has 0 amide bonds. The monoisotopic (exact) mass is 366 g/mol. The number of esters is 1. The fourth-order valence-electron chi connectivity index (χ4n) is 3.26. The van der Waals surface area contributed by atoms with Gasteiger partial charge in [-0.25, -0.2) is 4.79 Å². The number of fused-ring (bicyclic) bond motifs is 1. The second kappa shape index (κ2) is 8.29. The fraction of sp³-hybridized carbons (Fsp3) is 0.333. The molecule has 0 bridgehead atoms. The van der Waals surface area contributed by atoms with Crippen LogP contribution in [0.5, 0.6) is 0 Å². The lowest BCUT2D eigenvalue weighted by molar-refractivity contribution is -0.138. The number of para-hydroxylation sites is 1. The van der Waals surface area contributed by atoms with Gasteiger partial charge in [-0.3, -0.25) is 0 Å². The first-order chi connectivity index (χ1) is 12.7. The Morgan fingerprint density at radius 1 is 1.35 bits per heavy atom. The van der Waals surface area contributed by atoms with Crippen molar-refractivity contribution in [3.63, 3.8) is 0 Å². The summed E-state index contributed by atoms with van der Waals surface area (Å²) in [6.45, 7) is 5.07. The topological polar surface area (TPSA) is 53.3 Å². The SMILES string of the molecule is CCOC(=O)/C(C#N)=C1C=C(/C=C2\Sc3ccccc3N2CC)CCC\1. The molecule has 2 aliphatic rings. The Balaban J connectivity index is 1.92. The molecule has 1 heterocycles. The lowest BCUT2D eigenvalue weighted by Gasteiger charge is -2.20. The summed E-state index contributed by atoms with van der Waals surface area (Å²) in [6, 6.07) is 10.4. The molecule has 0 saturated heterocycles. The minimum absolute atomic E-state index is 0.136. The molecule has 3 rings (SSSR count). The predicted octanol–water partition coefficient (Wildman–Crippen LogP) is 4.95. The van der Waals surface area contributed by atoms with Gasteiger partial charge in [0.15, 0.2) is 0 Å². The summed E-state index contributed by atoms with van der Waals surface area (Å²) in [4.78, 5) is 15.6. The zero-order valence-electron chi connectivity index (χ0n) is 15.1. The van der Waals surface area contributed by atoms with E-state index in [9.17, 15) is 10.1 Å². The zero-order valence-corrected chi connectivity index (χ0v) is 15.9. The molecule has 0 N–H and O–H groups in total. The van der Waals surface area contributed by atoms with Crippen LogP contribution in [-0.2, 0) is 9.53 Å². The summed E-state index contributed by atoms with van der Waals surface area (Å²) in [7, 11) is 0. The molecule has 4 nitrogen and oxygen atoms in total. The number of carbonyl (C=O) groups is 1. The van der Waals surface area contributed by atoms with Gasteiger partial charge in [-0.2, -0.15) is 5.26 Å². The first-order valence-electron chi connectivity index (χ1n) is 8.95. The Hall–Kier alpha value is -2.45. The van der Waals surface area contributed by atoms with E-state index in [2.05, 4.69) is 42.2 Å². The number of allylic oxidation sites excluding steroid dienone is 4. The third-order valence-corrected chi connectivity index (χ3v) is 5.56. The molecule has 0 unspecified atom stereocenters. The average molecular weight is 366 g/mol. The Bertz CT molecular complexity index is 846. The molecule has 0 spiro atoms. The third kappa shape index (κ3) is 3.71. The Morgan fingerprint density at radius 2 is 2.15 bits per heavy atom. The number of anilines is 1. The van der Waals surface area contributed by atoms with Crippen LogP contribution in [0.4, 0.5) is 5.69 Å². The van der Waals surface area contributed by atoms with E-state index in [1.807, 2.05) is 12.1 Å². The van der Waals surface area contributed by atoms with Gasteiger partial charge in [0.2, 0.25) is 0 Å². The van der Waals surface area contributed by atoms with Crippen molar-refractivity contribution in [1.29, 1.82) is 5.26 Å². The summed E-state index contributed by atoms with van der Waals surface area (Å²) < 4.78 is 5.02. The smallest absolute Gasteiger partial charge is 0.349 e. The number of carbonyl (C=O) groups excluding carboxylic acids is 1. The maximum absolute atomic E-state index is 12.0. The molecule has 0 fully saturated rings. The van der Waals surface area contributed by atoms with Crippen molar-refractivity contribution >= 4 is 23.4 Å². The van der Waals surface area contributed by atoms with Gasteiger partial charge < -0.3 is 9.64 Å². The highest BCUT2D eigenvalue weighted by atomic mass is 32.2. The Kier molecular flexibility index (Phi) is 5.85. The van der Waals surface area contributed by atoms with Crippen LogP contribution in [0, 0.1) is 11.3 Å². The maximum atomic E-state index is 12.0. The molecule has 0 saturated carbocycles. The minimum atomic E-state index is -0.520. The predicted molar refractivity (Wildman–Crippen MR) is 105 cm³/mol. The number of hydrogen-bond acceptors (Lipinski definition) is 5. The molecular formula is C21H22N2O2S. The van der Waals surface area contributed by atoms with Crippen LogP contribution in [0.25, 0.3) is 0 Å². The first kappa shape index (κ1) is 18.3. The summed E-state index contributed by atoms with van der Waals surface area (Å²) in [5.41, 5.74) is 3.31. The van der Waals surface area contributed by atoms with Crippen LogP contribution in [0.3, 0.4) is 0 Å². The molecule has 0 atom stereocenters. The molecule has 5 heteroatoms. The van der Waals surface area contributed by atoms with Gasteiger partial charge in [0.1, 0.15) is 11.6 Å². The molecule has 134 valence electrons. The third-order valence-electron chi connectivity index (χ3n) is 4.45. The van der Waals surface area contributed by atoms with E-state index in [0.29, 0.717) is 0 Å². The van der Waals surface area contributed by atoms with Gasteiger partial charge >= 0.3 is 5.97 Å². The van der Waals surface area contributed by atoms with E-state index in [1.165, 1.54) is 15.6 Å². The zero-order chi connectivity index (χ0) is 18.5. The number of benzene rings is 1. The lowest BCUT2D eigenvalue weighted by Crippen LogP contribution is -2.16. The van der Waals surface area contributed by atoms with Crippen molar-refractivity contribution in [1.82, 2.24) is 0 Å². The molecule has 1 aliphatic carbocycles. The number of ether oxygens (including phenoxy) is 1. The molecule has 1 aliphatic heterocycles. The van der Waals surface area contributed by atoms with Crippen LogP contribution in [0.15, 0.2) is 63.1 Å². The van der Waals surface area contributed by atoms with Crippen LogP contribution >= 0.6 is 11.8 Å². The second-order valence-electron chi connectivity index (χ2n) is 6.10. The average Bonchev–Trinajstić information content (AvgIpc) is 3.00. The van der Waals surface area contributed by atoms with Crippen molar-refractivity contribution in [3.05, 3.63) is 58.2 Å². The highest BCUT2D eigenvalue weighted by Crippen LogP contribution is 2.46. The molecule has 26 heavy (non-hydrogen) atoms. The molecule has 1 aromatic rings. The van der Waals surface area contributed by atoms with E-state index >= 15 is 0 Å². The highest BCUT2D eigenvalue weighted by Gasteiger charge is 2.24. The van der Waals surface area contributed by atoms with Gasteiger partial charge in [-0.05, 0) is 62.5 Å². The van der Waals surface area contributed by atoms with Crippen LogP contribution in [0.2, 0.25) is 0 Å². The van der Waals surface area contributed by atoms with Crippen molar-refractivity contribution in [3.8, 4) is 6.07 Å². The largest absolute Gasteiger partial charge is 0.462 e. The summed E-state index contributed by atoms with van der Waals surface area (Å²) in [5, 5.41) is 10.6.